The number of carbonyl (C=O) groups excluding carboxylic acids is 2. The van der Waals surface area contributed by atoms with Crippen molar-refractivity contribution in [2.75, 3.05) is 0 Å². The van der Waals surface area contributed by atoms with Crippen LogP contribution in [0.2, 0.25) is 0 Å². The molecule has 2 rings (SSSR count). The summed E-state index contributed by atoms with van der Waals surface area (Å²) >= 11 is 1.15. The molecule has 0 aliphatic rings. The molecule has 1 atom stereocenters. The smallest absolute Gasteiger partial charge is 0.351 e. The third-order valence-electron chi connectivity index (χ3n) is 3.22. The van der Waals surface area contributed by atoms with E-state index in [0.717, 1.165) is 11.3 Å². The van der Waals surface area contributed by atoms with E-state index in [1.54, 1.807) is 19.1 Å². The Bertz CT molecular complexity index is 779. The van der Waals surface area contributed by atoms with Gasteiger partial charge >= 0.3 is 5.97 Å². The van der Waals surface area contributed by atoms with Crippen LogP contribution in [-0.4, -0.2) is 28.5 Å². The largest absolute Gasteiger partial charge is 0.448 e. The molecule has 1 amide bonds. The van der Waals surface area contributed by atoms with Crippen molar-refractivity contribution in [2.24, 2.45) is 0 Å². The van der Waals surface area contributed by atoms with E-state index in [2.05, 4.69) is 10.3 Å². The zero-order valence-corrected chi connectivity index (χ0v) is 15.7. The Morgan fingerprint density at radius 2 is 1.84 bits per heavy atom. The number of carbonyl (C=O) groups is 2. The summed E-state index contributed by atoms with van der Waals surface area (Å²) in [6.45, 7) is 8.77. The number of aromatic nitrogens is 1. The number of rotatable bonds is 4. The minimum Gasteiger partial charge on any atom is -0.448 e. The third-order valence-corrected chi connectivity index (χ3v) is 4.41. The molecule has 0 fully saturated rings. The molecule has 0 radical (unpaired) electrons. The zero-order valence-electron chi connectivity index (χ0n) is 14.8. The molecular formula is C18H21FN2O3S. The average molecular weight is 364 g/mol. The van der Waals surface area contributed by atoms with Crippen LogP contribution in [0.3, 0.4) is 0 Å². The first kappa shape index (κ1) is 19.1. The summed E-state index contributed by atoms with van der Waals surface area (Å²) in [4.78, 5) is 29.1. The molecule has 0 aliphatic carbocycles. The molecular weight excluding hydrogens is 343 g/mol. The number of benzene rings is 1. The minimum absolute atomic E-state index is 0.328. The van der Waals surface area contributed by atoms with Crippen molar-refractivity contribution in [1.29, 1.82) is 0 Å². The van der Waals surface area contributed by atoms with Gasteiger partial charge in [-0.3, -0.25) is 4.79 Å². The fraction of sp³-hybridized carbons (Fsp3) is 0.389. The summed E-state index contributed by atoms with van der Waals surface area (Å²) < 4.78 is 18.3. The number of hydrogen-bond acceptors (Lipinski definition) is 5. The fourth-order valence-electron chi connectivity index (χ4n) is 2.04. The maximum atomic E-state index is 13.0. The van der Waals surface area contributed by atoms with Crippen LogP contribution in [0, 0.1) is 12.7 Å². The molecule has 0 saturated carbocycles. The lowest BCUT2D eigenvalue weighted by Gasteiger charge is -2.23. The van der Waals surface area contributed by atoms with Crippen molar-refractivity contribution >= 4 is 23.2 Å². The van der Waals surface area contributed by atoms with Crippen molar-refractivity contribution < 1.29 is 18.7 Å². The number of hydrogen-bond donors (Lipinski definition) is 1. The summed E-state index contributed by atoms with van der Waals surface area (Å²) in [6.07, 6.45) is -0.914. The van der Waals surface area contributed by atoms with Gasteiger partial charge in [-0.2, -0.15) is 0 Å². The Labute approximate surface area is 150 Å². The van der Waals surface area contributed by atoms with E-state index in [-0.39, 0.29) is 11.7 Å². The highest BCUT2D eigenvalue weighted by atomic mass is 32.1. The van der Waals surface area contributed by atoms with E-state index in [1.807, 2.05) is 20.8 Å². The van der Waals surface area contributed by atoms with Gasteiger partial charge in [0.2, 0.25) is 0 Å². The molecule has 0 saturated heterocycles. The monoisotopic (exact) mass is 364 g/mol. The van der Waals surface area contributed by atoms with Crippen LogP contribution < -0.4 is 5.32 Å². The van der Waals surface area contributed by atoms with Gasteiger partial charge in [0.15, 0.2) is 6.10 Å². The second-order valence-electron chi connectivity index (χ2n) is 6.73. The highest BCUT2D eigenvalue weighted by Gasteiger charge is 2.25. The van der Waals surface area contributed by atoms with Crippen molar-refractivity contribution in [3.05, 3.63) is 40.7 Å². The standard InChI is InChI=1S/C18H21FN2O3S/c1-10-14(17(23)24-11(2)15(22)21-18(3,4)5)25-16(20-10)12-6-8-13(19)9-7-12/h6-9,11H,1-5H3,(H,21,22)/t11-/m0/s1. The first-order chi connectivity index (χ1) is 11.6. The van der Waals surface area contributed by atoms with E-state index >= 15 is 0 Å². The van der Waals surface area contributed by atoms with Crippen LogP contribution in [0.15, 0.2) is 24.3 Å². The topological polar surface area (TPSA) is 68.3 Å². The number of thiazole rings is 1. The van der Waals surface area contributed by atoms with Gasteiger partial charge in [0.25, 0.3) is 5.91 Å². The molecule has 1 N–H and O–H groups in total. The predicted molar refractivity (Wildman–Crippen MR) is 95.0 cm³/mol. The van der Waals surface area contributed by atoms with E-state index in [4.69, 9.17) is 4.74 Å². The van der Waals surface area contributed by atoms with Gasteiger partial charge in [0.05, 0.1) is 5.69 Å². The van der Waals surface area contributed by atoms with Crippen LogP contribution in [0.25, 0.3) is 10.6 Å². The molecule has 1 heterocycles. The summed E-state index contributed by atoms with van der Waals surface area (Å²) in [7, 11) is 0. The molecule has 25 heavy (non-hydrogen) atoms. The van der Waals surface area contributed by atoms with Crippen molar-refractivity contribution in [1.82, 2.24) is 10.3 Å². The molecule has 0 unspecified atom stereocenters. The lowest BCUT2D eigenvalue weighted by atomic mass is 10.1. The van der Waals surface area contributed by atoms with Crippen LogP contribution in [0.5, 0.6) is 0 Å². The minimum atomic E-state index is -0.914. The highest BCUT2D eigenvalue weighted by Crippen LogP contribution is 2.28. The van der Waals surface area contributed by atoms with Gasteiger partial charge in [-0.25, -0.2) is 14.2 Å². The Balaban J connectivity index is 2.12. The lowest BCUT2D eigenvalue weighted by molar-refractivity contribution is -0.130. The third kappa shape index (κ3) is 5.09. The number of aryl methyl sites for hydroxylation is 1. The molecule has 0 aliphatic heterocycles. The molecule has 5 nitrogen and oxygen atoms in total. The van der Waals surface area contributed by atoms with E-state index < -0.39 is 17.6 Å². The quantitative estimate of drug-likeness (QED) is 0.840. The summed E-state index contributed by atoms with van der Waals surface area (Å²) in [5.41, 5.74) is 0.818. The zero-order chi connectivity index (χ0) is 18.8. The van der Waals surface area contributed by atoms with Crippen LogP contribution in [0.1, 0.15) is 43.1 Å². The SMILES string of the molecule is Cc1nc(-c2ccc(F)cc2)sc1C(=O)O[C@@H](C)C(=O)NC(C)(C)C. The molecule has 7 heteroatoms. The maximum absolute atomic E-state index is 13.0. The van der Waals surface area contributed by atoms with Gasteiger partial charge in [0, 0.05) is 11.1 Å². The van der Waals surface area contributed by atoms with E-state index in [9.17, 15) is 14.0 Å². The molecule has 1 aromatic heterocycles. The van der Waals surface area contributed by atoms with Crippen molar-refractivity contribution in [3.63, 3.8) is 0 Å². The summed E-state index contributed by atoms with van der Waals surface area (Å²) in [6, 6.07) is 5.87. The van der Waals surface area contributed by atoms with Crippen LogP contribution >= 0.6 is 11.3 Å². The van der Waals surface area contributed by atoms with Crippen molar-refractivity contribution in [2.45, 2.75) is 46.3 Å². The predicted octanol–water partition coefficient (Wildman–Crippen LogP) is 3.72. The van der Waals surface area contributed by atoms with Gasteiger partial charge in [-0.15, -0.1) is 11.3 Å². The first-order valence-electron chi connectivity index (χ1n) is 7.83. The average Bonchev–Trinajstić information content (AvgIpc) is 2.88. The van der Waals surface area contributed by atoms with Gasteiger partial charge in [-0.1, -0.05) is 0 Å². The summed E-state index contributed by atoms with van der Waals surface area (Å²) in [5, 5.41) is 3.36. The first-order valence-corrected chi connectivity index (χ1v) is 8.65. The van der Waals surface area contributed by atoms with Crippen LogP contribution in [0.4, 0.5) is 4.39 Å². The second kappa shape index (κ2) is 7.31. The fourth-order valence-corrected chi connectivity index (χ4v) is 3.00. The molecule has 134 valence electrons. The number of nitrogens with zero attached hydrogens (tertiary/aromatic N) is 1. The number of esters is 1. The lowest BCUT2D eigenvalue weighted by Crippen LogP contribution is -2.46. The summed E-state index contributed by atoms with van der Waals surface area (Å²) in [5.74, 6) is -1.29. The Hall–Kier alpha value is -2.28. The van der Waals surface area contributed by atoms with Crippen molar-refractivity contribution in [3.8, 4) is 10.6 Å². The maximum Gasteiger partial charge on any atom is 0.351 e. The van der Waals surface area contributed by atoms with Crippen LogP contribution in [-0.2, 0) is 9.53 Å². The molecule has 0 bridgehead atoms. The second-order valence-corrected chi connectivity index (χ2v) is 7.73. The van der Waals surface area contributed by atoms with Gasteiger partial charge in [-0.05, 0) is 58.9 Å². The molecule has 1 aromatic carbocycles. The van der Waals surface area contributed by atoms with Gasteiger partial charge in [0.1, 0.15) is 15.7 Å². The van der Waals surface area contributed by atoms with E-state index in [1.165, 1.54) is 19.1 Å². The number of halogens is 1. The van der Waals surface area contributed by atoms with Gasteiger partial charge < -0.3 is 10.1 Å². The molecule has 2 aromatic rings. The Morgan fingerprint density at radius 3 is 2.40 bits per heavy atom. The number of nitrogens with one attached hydrogen (secondary N) is 1. The Kier molecular flexibility index (Phi) is 5.57. The normalized spacial score (nSPS) is 12.6. The molecule has 0 spiro atoms. The number of amides is 1. The highest BCUT2D eigenvalue weighted by molar-refractivity contribution is 7.17. The van der Waals surface area contributed by atoms with E-state index in [0.29, 0.717) is 21.1 Å². The number of ether oxygens (including phenoxy) is 1. The Morgan fingerprint density at radius 1 is 1.24 bits per heavy atom.